The van der Waals surface area contributed by atoms with E-state index in [1.807, 2.05) is 0 Å². The molecule has 20 heavy (non-hydrogen) atoms. The van der Waals surface area contributed by atoms with E-state index in [0.717, 1.165) is 21.5 Å². The zero-order chi connectivity index (χ0) is 14.5. The lowest BCUT2D eigenvalue weighted by Crippen LogP contribution is -2.25. The first-order valence-corrected chi connectivity index (χ1v) is 7.87. The molecule has 1 atom stereocenters. The number of anilines is 1. The molecule has 0 fully saturated rings. The van der Waals surface area contributed by atoms with Gasteiger partial charge in [0.1, 0.15) is 11.6 Å². The summed E-state index contributed by atoms with van der Waals surface area (Å²) in [6.45, 7) is 6.49. The molecule has 1 aromatic heterocycles. The lowest BCUT2D eigenvalue weighted by molar-refractivity contribution is 0.549. The van der Waals surface area contributed by atoms with Crippen molar-refractivity contribution in [2.24, 2.45) is 0 Å². The molecule has 104 valence electrons. The van der Waals surface area contributed by atoms with E-state index in [9.17, 15) is 0 Å². The predicted octanol–water partition coefficient (Wildman–Crippen LogP) is 3.65. The summed E-state index contributed by atoms with van der Waals surface area (Å²) in [5.74, 6) is 1.77. The maximum absolute atomic E-state index is 6.10. The normalized spacial score (nSPS) is 17.5. The fourth-order valence-corrected chi connectivity index (χ4v) is 3.67. The molecular weight excluding hydrogens is 361 g/mol. The van der Waals surface area contributed by atoms with Crippen LogP contribution in [0.3, 0.4) is 0 Å². The Balaban J connectivity index is 2.07. The monoisotopic (exact) mass is 379 g/mol. The Bertz CT molecular complexity index is 674. The summed E-state index contributed by atoms with van der Waals surface area (Å²) in [5, 5.41) is 0. The Hall–Kier alpha value is -1.17. The molecule has 2 N–H and O–H groups in total. The largest absolute Gasteiger partial charge is 0.383 e. The van der Waals surface area contributed by atoms with Gasteiger partial charge < -0.3 is 5.73 Å². The van der Waals surface area contributed by atoms with Gasteiger partial charge in [0.15, 0.2) is 0 Å². The van der Waals surface area contributed by atoms with E-state index in [1.54, 1.807) is 0 Å². The molecule has 1 aliphatic carbocycles. The maximum Gasteiger partial charge on any atom is 0.140 e. The van der Waals surface area contributed by atoms with Crippen LogP contribution in [0.1, 0.15) is 49.3 Å². The Morgan fingerprint density at radius 1 is 1.20 bits per heavy atom. The van der Waals surface area contributed by atoms with Gasteiger partial charge in [0, 0.05) is 11.3 Å². The average molecular weight is 379 g/mol. The molecule has 1 heterocycles. The van der Waals surface area contributed by atoms with E-state index in [0.29, 0.717) is 11.7 Å². The fraction of sp³-hybridized carbons (Fsp3) is 0.375. The van der Waals surface area contributed by atoms with Crippen LogP contribution in [0.15, 0.2) is 24.3 Å². The van der Waals surface area contributed by atoms with E-state index >= 15 is 0 Å². The summed E-state index contributed by atoms with van der Waals surface area (Å²) in [6.07, 6.45) is 1.01. The van der Waals surface area contributed by atoms with Gasteiger partial charge in [0.05, 0.1) is 9.26 Å². The van der Waals surface area contributed by atoms with Crippen molar-refractivity contribution in [1.29, 1.82) is 0 Å². The summed E-state index contributed by atoms with van der Waals surface area (Å²) in [6, 6.07) is 8.49. The lowest BCUT2D eigenvalue weighted by atomic mass is 9.77. The Kier molecular flexibility index (Phi) is 3.23. The van der Waals surface area contributed by atoms with E-state index in [4.69, 9.17) is 10.7 Å². The number of fused-ring (bicyclic) bond motifs is 1. The quantitative estimate of drug-likeness (QED) is 0.770. The highest BCUT2D eigenvalue weighted by Gasteiger charge is 2.31. The lowest BCUT2D eigenvalue weighted by Gasteiger charge is -2.30. The zero-order valence-electron chi connectivity index (χ0n) is 11.9. The number of hydrogen-bond acceptors (Lipinski definition) is 3. The Morgan fingerprint density at radius 3 is 2.55 bits per heavy atom. The van der Waals surface area contributed by atoms with Crippen molar-refractivity contribution < 1.29 is 0 Å². The van der Waals surface area contributed by atoms with Gasteiger partial charge in [-0.25, -0.2) is 9.97 Å². The molecular formula is C16H18IN3. The third kappa shape index (κ3) is 2.20. The van der Waals surface area contributed by atoms with E-state index in [2.05, 4.69) is 72.6 Å². The van der Waals surface area contributed by atoms with Gasteiger partial charge in [0.2, 0.25) is 0 Å². The Morgan fingerprint density at radius 2 is 1.90 bits per heavy atom. The number of nitrogens with two attached hydrogens (primary N) is 1. The number of nitrogen functional groups attached to an aromatic ring is 1. The molecule has 3 rings (SSSR count). The molecule has 0 aliphatic heterocycles. The second-order valence-corrected chi connectivity index (χ2v) is 7.41. The van der Waals surface area contributed by atoms with Crippen LogP contribution in [0.5, 0.6) is 0 Å². The van der Waals surface area contributed by atoms with Crippen molar-refractivity contribution in [2.75, 3.05) is 5.73 Å². The van der Waals surface area contributed by atoms with Crippen molar-refractivity contribution in [3.05, 3.63) is 50.5 Å². The van der Waals surface area contributed by atoms with Crippen molar-refractivity contribution in [3.8, 4) is 0 Å². The predicted molar refractivity (Wildman–Crippen MR) is 89.9 cm³/mol. The van der Waals surface area contributed by atoms with Gasteiger partial charge >= 0.3 is 0 Å². The number of aromatic nitrogens is 2. The third-order valence-corrected chi connectivity index (χ3v) is 4.83. The van der Waals surface area contributed by atoms with Crippen LogP contribution < -0.4 is 5.73 Å². The summed E-state index contributed by atoms with van der Waals surface area (Å²) in [4.78, 5) is 9.35. The molecule has 0 spiro atoms. The van der Waals surface area contributed by atoms with Crippen molar-refractivity contribution >= 4 is 28.4 Å². The van der Waals surface area contributed by atoms with Crippen LogP contribution in [0, 0.1) is 3.57 Å². The molecule has 0 saturated carbocycles. The summed E-state index contributed by atoms with van der Waals surface area (Å²) >= 11 is 2.25. The maximum atomic E-state index is 6.10. The first kappa shape index (κ1) is 13.8. The van der Waals surface area contributed by atoms with Crippen LogP contribution >= 0.6 is 22.6 Å². The van der Waals surface area contributed by atoms with E-state index in [-0.39, 0.29) is 5.41 Å². The number of hydrogen-bond donors (Lipinski definition) is 1. The standard InChI is InChI=1S/C16H18IN3/c1-16(2,3)13-12(17)14(18)20-15(19-13)11-8-9-6-4-5-7-10(9)11/h4-7,11H,8H2,1-3H3,(H2,18,19,20). The van der Waals surface area contributed by atoms with Gasteiger partial charge in [-0.05, 0) is 40.1 Å². The topological polar surface area (TPSA) is 51.8 Å². The highest BCUT2D eigenvalue weighted by molar-refractivity contribution is 14.1. The molecule has 1 aromatic carbocycles. The summed E-state index contributed by atoms with van der Waals surface area (Å²) < 4.78 is 0.978. The molecule has 3 nitrogen and oxygen atoms in total. The van der Waals surface area contributed by atoms with Crippen molar-refractivity contribution in [1.82, 2.24) is 9.97 Å². The van der Waals surface area contributed by atoms with Crippen LogP contribution in [-0.2, 0) is 11.8 Å². The average Bonchev–Trinajstić information content (AvgIpc) is 2.33. The summed E-state index contributed by atoms with van der Waals surface area (Å²) in [5.41, 5.74) is 9.86. The van der Waals surface area contributed by atoms with Gasteiger partial charge in [-0.3, -0.25) is 0 Å². The first-order valence-electron chi connectivity index (χ1n) is 6.79. The van der Waals surface area contributed by atoms with Gasteiger partial charge in [-0.1, -0.05) is 45.0 Å². The summed E-state index contributed by atoms with van der Waals surface area (Å²) in [7, 11) is 0. The minimum Gasteiger partial charge on any atom is -0.383 e. The number of halogens is 1. The highest BCUT2D eigenvalue weighted by Crippen LogP contribution is 2.40. The van der Waals surface area contributed by atoms with Gasteiger partial charge in [-0.2, -0.15) is 0 Å². The van der Waals surface area contributed by atoms with Gasteiger partial charge in [-0.15, -0.1) is 0 Å². The molecule has 1 aliphatic rings. The number of nitrogens with zero attached hydrogens (tertiary/aromatic N) is 2. The molecule has 2 aromatic rings. The van der Waals surface area contributed by atoms with Crippen LogP contribution in [-0.4, -0.2) is 9.97 Å². The second kappa shape index (κ2) is 4.69. The minimum atomic E-state index is -0.0222. The molecule has 4 heteroatoms. The van der Waals surface area contributed by atoms with Crippen molar-refractivity contribution in [3.63, 3.8) is 0 Å². The Labute approximate surface area is 133 Å². The van der Waals surface area contributed by atoms with Gasteiger partial charge in [0.25, 0.3) is 0 Å². The molecule has 1 unspecified atom stereocenters. The minimum absolute atomic E-state index is 0.0222. The number of rotatable bonds is 1. The SMILES string of the molecule is CC(C)(C)c1nc(C2Cc3ccccc32)nc(N)c1I. The molecule has 0 radical (unpaired) electrons. The smallest absolute Gasteiger partial charge is 0.140 e. The molecule has 0 saturated heterocycles. The highest BCUT2D eigenvalue weighted by atomic mass is 127. The number of benzene rings is 1. The van der Waals surface area contributed by atoms with E-state index < -0.39 is 0 Å². The van der Waals surface area contributed by atoms with Crippen LogP contribution in [0.25, 0.3) is 0 Å². The molecule has 0 amide bonds. The van der Waals surface area contributed by atoms with Crippen LogP contribution in [0.2, 0.25) is 0 Å². The molecule has 0 bridgehead atoms. The second-order valence-electron chi connectivity index (χ2n) is 6.34. The van der Waals surface area contributed by atoms with Crippen molar-refractivity contribution in [2.45, 2.75) is 38.5 Å². The van der Waals surface area contributed by atoms with E-state index in [1.165, 1.54) is 11.1 Å². The fourth-order valence-electron chi connectivity index (χ4n) is 2.62. The third-order valence-electron chi connectivity index (χ3n) is 3.77. The van der Waals surface area contributed by atoms with Crippen LogP contribution in [0.4, 0.5) is 5.82 Å². The first-order chi connectivity index (χ1) is 9.38. The zero-order valence-corrected chi connectivity index (χ0v) is 14.1.